The normalized spacial score (nSPS) is 14.8. The number of benzene rings is 1. The fourth-order valence-corrected chi connectivity index (χ4v) is 3.54. The Kier molecular flexibility index (Phi) is 3.81. The predicted molar refractivity (Wildman–Crippen MR) is 76.0 cm³/mol. The minimum absolute atomic E-state index is 0.489. The van der Waals surface area contributed by atoms with Crippen molar-refractivity contribution in [3.05, 3.63) is 51.0 Å². The second kappa shape index (κ2) is 5.58. The van der Waals surface area contributed by atoms with Crippen molar-refractivity contribution in [1.29, 1.82) is 0 Å². The highest BCUT2D eigenvalue weighted by molar-refractivity contribution is 7.11. The van der Waals surface area contributed by atoms with Gasteiger partial charge < -0.3 is 5.32 Å². The topological polar surface area (TPSA) is 24.9 Å². The molecule has 0 amide bonds. The van der Waals surface area contributed by atoms with E-state index in [0.717, 1.165) is 17.6 Å². The molecule has 1 saturated carbocycles. The highest BCUT2D eigenvalue weighted by atomic mass is 32.1. The second-order valence-corrected chi connectivity index (χ2v) is 6.34. The van der Waals surface area contributed by atoms with Crippen molar-refractivity contribution in [2.75, 3.05) is 7.05 Å². The lowest BCUT2D eigenvalue weighted by Crippen LogP contribution is -2.05. The number of aromatic nitrogens is 1. The van der Waals surface area contributed by atoms with Crippen LogP contribution in [0.4, 0.5) is 8.78 Å². The summed E-state index contributed by atoms with van der Waals surface area (Å²) in [5.41, 5.74) is 1.81. The SMILES string of the molecule is CNCc1sc(Cc2cc(F)cc(F)c2)nc1C1CC1. The Morgan fingerprint density at radius 2 is 1.95 bits per heavy atom. The molecule has 2 aromatic rings. The summed E-state index contributed by atoms with van der Waals surface area (Å²) in [7, 11) is 1.91. The zero-order valence-electron chi connectivity index (χ0n) is 11.2. The Labute approximate surface area is 120 Å². The van der Waals surface area contributed by atoms with E-state index >= 15 is 0 Å². The van der Waals surface area contributed by atoms with Crippen LogP contribution in [0.25, 0.3) is 0 Å². The van der Waals surface area contributed by atoms with Crippen molar-refractivity contribution >= 4 is 11.3 Å². The quantitative estimate of drug-likeness (QED) is 0.911. The van der Waals surface area contributed by atoms with Gasteiger partial charge in [0.25, 0.3) is 0 Å². The molecule has 1 N–H and O–H groups in total. The molecule has 2 nitrogen and oxygen atoms in total. The van der Waals surface area contributed by atoms with Gasteiger partial charge in [0.05, 0.1) is 10.7 Å². The summed E-state index contributed by atoms with van der Waals surface area (Å²) < 4.78 is 26.4. The van der Waals surface area contributed by atoms with E-state index in [-0.39, 0.29) is 0 Å². The van der Waals surface area contributed by atoms with Gasteiger partial charge in [0, 0.05) is 29.8 Å². The minimum Gasteiger partial charge on any atom is -0.315 e. The van der Waals surface area contributed by atoms with Crippen molar-refractivity contribution in [1.82, 2.24) is 10.3 Å². The van der Waals surface area contributed by atoms with Crippen LogP contribution in [0.2, 0.25) is 0 Å². The molecule has 0 aliphatic heterocycles. The molecule has 106 valence electrons. The molecule has 0 radical (unpaired) electrons. The first-order chi connectivity index (χ1) is 9.65. The van der Waals surface area contributed by atoms with Crippen molar-refractivity contribution in [2.45, 2.75) is 31.7 Å². The molecule has 1 aliphatic rings. The monoisotopic (exact) mass is 294 g/mol. The third-order valence-electron chi connectivity index (χ3n) is 3.35. The summed E-state index contributed by atoms with van der Waals surface area (Å²) in [5, 5.41) is 4.09. The van der Waals surface area contributed by atoms with Crippen molar-refractivity contribution in [3.63, 3.8) is 0 Å². The van der Waals surface area contributed by atoms with E-state index in [1.807, 2.05) is 7.05 Å². The van der Waals surface area contributed by atoms with Gasteiger partial charge in [-0.05, 0) is 37.6 Å². The second-order valence-electron chi connectivity index (χ2n) is 5.18. The van der Waals surface area contributed by atoms with Crippen LogP contribution in [0.15, 0.2) is 18.2 Å². The lowest BCUT2D eigenvalue weighted by Gasteiger charge is -1.99. The number of nitrogens with one attached hydrogen (secondary N) is 1. The number of hydrogen-bond acceptors (Lipinski definition) is 3. The number of thiazole rings is 1. The zero-order chi connectivity index (χ0) is 14.1. The molecule has 0 spiro atoms. The Balaban J connectivity index is 1.84. The third kappa shape index (κ3) is 3.04. The molecule has 1 aromatic heterocycles. The molecule has 1 aliphatic carbocycles. The highest BCUT2D eigenvalue weighted by Gasteiger charge is 2.29. The fraction of sp³-hybridized carbons (Fsp3) is 0.400. The average molecular weight is 294 g/mol. The third-order valence-corrected chi connectivity index (χ3v) is 4.42. The first kappa shape index (κ1) is 13.6. The summed E-state index contributed by atoms with van der Waals surface area (Å²) >= 11 is 1.64. The molecule has 1 aromatic carbocycles. The van der Waals surface area contributed by atoms with E-state index < -0.39 is 11.6 Å². The average Bonchev–Trinajstić information content (AvgIpc) is 3.12. The lowest BCUT2D eigenvalue weighted by atomic mass is 10.1. The molecular formula is C15H16F2N2S. The molecule has 0 bridgehead atoms. The summed E-state index contributed by atoms with van der Waals surface area (Å²) in [6.07, 6.45) is 2.89. The molecule has 1 heterocycles. The van der Waals surface area contributed by atoms with E-state index in [9.17, 15) is 8.78 Å². The van der Waals surface area contributed by atoms with E-state index in [0.29, 0.717) is 17.9 Å². The van der Waals surface area contributed by atoms with Gasteiger partial charge in [-0.1, -0.05) is 0 Å². The molecule has 1 fully saturated rings. The Hall–Kier alpha value is -1.33. The van der Waals surface area contributed by atoms with Crippen LogP contribution in [-0.2, 0) is 13.0 Å². The number of hydrogen-bond donors (Lipinski definition) is 1. The Morgan fingerprint density at radius 3 is 2.55 bits per heavy atom. The van der Waals surface area contributed by atoms with Gasteiger partial charge in [-0.15, -0.1) is 11.3 Å². The first-order valence-corrected chi connectivity index (χ1v) is 7.55. The number of halogens is 2. The summed E-state index contributed by atoms with van der Waals surface area (Å²) in [6.45, 7) is 0.807. The minimum atomic E-state index is -0.533. The molecule has 5 heteroatoms. The van der Waals surface area contributed by atoms with Crippen molar-refractivity contribution in [2.24, 2.45) is 0 Å². The summed E-state index contributed by atoms with van der Waals surface area (Å²) in [4.78, 5) is 5.93. The first-order valence-electron chi connectivity index (χ1n) is 6.73. The van der Waals surface area contributed by atoms with Crippen LogP contribution in [0.1, 0.15) is 39.9 Å². The van der Waals surface area contributed by atoms with E-state index in [4.69, 9.17) is 0 Å². The van der Waals surface area contributed by atoms with Gasteiger partial charge in [-0.25, -0.2) is 13.8 Å². The van der Waals surface area contributed by atoms with Gasteiger partial charge >= 0.3 is 0 Å². The molecule has 0 saturated heterocycles. The van der Waals surface area contributed by atoms with Gasteiger partial charge in [0.1, 0.15) is 11.6 Å². The Morgan fingerprint density at radius 1 is 1.25 bits per heavy atom. The molecule has 20 heavy (non-hydrogen) atoms. The number of nitrogens with zero attached hydrogens (tertiary/aromatic N) is 1. The van der Waals surface area contributed by atoms with E-state index in [1.54, 1.807) is 11.3 Å². The van der Waals surface area contributed by atoms with Crippen LogP contribution in [0, 0.1) is 11.6 Å². The van der Waals surface area contributed by atoms with E-state index in [2.05, 4.69) is 10.3 Å². The maximum Gasteiger partial charge on any atom is 0.126 e. The molecular weight excluding hydrogens is 278 g/mol. The zero-order valence-corrected chi connectivity index (χ0v) is 12.1. The van der Waals surface area contributed by atoms with Crippen LogP contribution < -0.4 is 5.32 Å². The summed E-state index contributed by atoms with van der Waals surface area (Å²) in [6, 6.07) is 3.64. The lowest BCUT2D eigenvalue weighted by molar-refractivity contribution is 0.580. The largest absolute Gasteiger partial charge is 0.315 e. The predicted octanol–water partition coefficient (Wildman–Crippen LogP) is 3.61. The van der Waals surface area contributed by atoms with Gasteiger partial charge in [-0.3, -0.25) is 0 Å². The fourth-order valence-electron chi connectivity index (χ4n) is 2.34. The van der Waals surface area contributed by atoms with Crippen molar-refractivity contribution in [3.8, 4) is 0 Å². The van der Waals surface area contributed by atoms with Crippen LogP contribution in [-0.4, -0.2) is 12.0 Å². The van der Waals surface area contributed by atoms with Crippen LogP contribution in [0.5, 0.6) is 0 Å². The molecule has 3 rings (SSSR count). The highest BCUT2D eigenvalue weighted by Crippen LogP contribution is 2.42. The number of rotatable bonds is 5. The van der Waals surface area contributed by atoms with Gasteiger partial charge in [-0.2, -0.15) is 0 Å². The summed E-state index contributed by atoms with van der Waals surface area (Å²) in [5.74, 6) is -0.476. The van der Waals surface area contributed by atoms with Gasteiger partial charge in [0.2, 0.25) is 0 Å². The van der Waals surface area contributed by atoms with Crippen LogP contribution >= 0.6 is 11.3 Å². The van der Waals surface area contributed by atoms with Crippen molar-refractivity contribution < 1.29 is 8.78 Å². The standard InChI is InChI=1S/C15H16F2N2S/c1-18-8-13-15(10-2-3-10)19-14(20-13)6-9-4-11(16)7-12(17)5-9/h4-5,7,10,18H,2-3,6,8H2,1H3. The maximum absolute atomic E-state index is 13.2. The van der Waals surface area contributed by atoms with Gasteiger partial charge in [0.15, 0.2) is 0 Å². The molecule has 0 unspecified atom stereocenters. The maximum atomic E-state index is 13.2. The smallest absolute Gasteiger partial charge is 0.126 e. The Bertz CT molecular complexity index is 600. The van der Waals surface area contributed by atoms with E-state index in [1.165, 1.54) is 35.5 Å². The molecule has 0 atom stereocenters. The van der Waals surface area contributed by atoms with Crippen LogP contribution in [0.3, 0.4) is 0 Å².